The number of alkyl halides is 2. The van der Waals surface area contributed by atoms with E-state index < -0.39 is 11.7 Å². The third-order valence-electron chi connectivity index (χ3n) is 2.79. The third-order valence-corrected chi connectivity index (χ3v) is 2.79. The van der Waals surface area contributed by atoms with Gasteiger partial charge in [-0.25, -0.2) is 13.2 Å². The van der Waals surface area contributed by atoms with Crippen molar-refractivity contribution in [2.45, 2.75) is 12.5 Å². The van der Waals surface area contributed by atoms with E-state index in [1.165, 1.54) is 12.1 Å². The minimum absolute atomic E-state index is 0.261. The van der Waals surface area contributed by atoms with Gasteiger partial charge in [0.15, 0.2) is 5.58 Å². The molecule has 0 bridgehead atoms. The lowest BCUT2D eigenvalue weighted by atomic mass is 10.1. The molecule has 1 aromatic heterocycles. The quantitative estimate of drug-likeness (QED) is 0.809. The Hall–Kier alpha value is -1.56. The van der Waals surface area contributed by atoms with Crippen molar-refractivity contribution < 1.29 is 17.7 Å². The Bertz CT molecular complexity index is 559. The van der Waals surface area contributed by atoms with E-state index in [9.17, 15) is 13.2 Å². The highest BCUT2D eigenvalue weighted by atomic mass is 19.3. The van der Waals surface area contributed by atoms with Gasteiger partial charge in [-0.2, -0.15) is 0 Å². The second-order valence-corrected chi connectivity index (χ2v) is 4.27. The van der Waals surface area contributed by atoms with Crippen LogP contribution in [0.15, 0.2) is 22.7 Å². The molecule has 0 unspecified atom stereocenters. The van der Waals surface area contributed by atoms with Crippen molar-refractivity contribution in [2.75, 3.05) is 13.1 Å². The Morgan fingerprint density at radius 3 is 2.82 bits per heavy atom. The number of hydrogen-bond donors (Lipinski definition) is 0. The summed E-state index contributed by atoms with van der Waals surface area (Å²) in [5, 5.41) is 4.45. The van der Waals surface area contributed by atoms with Crippen molar-refractivity contribution in [3.05, 3.63) is 29.7 Å². The van der Waals surface area contributed by atoms with Gasteiger partial charge in [0.25, 0.3) is 5.92 Å². The average molecular weight is 242 g/mol. The number of halogens is 3. The highest BCUT2D eigenvalue weighted by Crippen LogP contribution is 2.29. The van der Waals surface area contributed by atoms with Crippen LogP contribution in [0, 0.1) is 5.82 Å². The van der Waals surface area contributed by atoms with E-state index in [2.05, 4.69) is 5.16 Å². The van der Waals surface area contributed by atoms with Crippen LogP contribution in [0.2, 0.25) is 0 Å². The Labute approximate surface area is 94.8 Å². The van der Waals surface area contributed by atoms with Gasteiger partial charge in [0.1, 0.15) is 11.5 Å². The van der Waals surface area contributed by atoms with Crippen molar-refractivity contribution >= 4 is 11.0 Å². The van der Waals surface area contributed by atoms with Crippen molar-refractivity contribution in [1.82, 2.24) is 10.1 Å². The van der Waals surface area contributed by atoms with Crippen molar-refractivity contribution in [3.63, 3.8) is 0 Å². The largest absolute Gasteiger partial charge is 0.356 e. The Morgan fingerprint density at radius 1 is 1.35 bits per heavy atom. The molecule has 1 saturated heterocycles. The fourth-order valence-corrected chi connectivity index (χ4v) is 2.01. The van der Waals surface area contributed by atoms with Crippen LogP contribution >= 0.6 is 0 Å². The van der Waals surface area contributed by atoms with Crippen molar-refractivity contribution in [2.24, 2.45) is 0 Å². The monoisotopic (exact) mass is 242 g/mol. The van der Waals surface area contributed by atoms with E-state index >= 15 is 0 Å². The van der Waals surface area contributed by atoms with Gasteiger partial charge in [0, 0.05) is 18.0 Å². The van der Waals surface area contributed by atoms with Crippen LogP contribution in [0.25, 0.3) is 11.0 Å². The molecule has 3 rings (SSSR count). The van der Waals surface area contributed by atoms with Gasteiger partial charge in [0.2, 0.25) is 0 Å². The molecule has 0 spiro atoms. The molecule has 0 atom stereocenters. The van der Waals surface area contributed by atoms with E-state index in [4.69, 9.17) is 4.52 Å². The maximum Gasteiger partial charge on any atom is 0.272 e. The summed E-state index contributed by atoms with van der Waals surface area (Å²) in [4.78, 5) is 1.57. The molecule has 1 fully saturated rings. The highest BCUT2D eigenvalue weighted by Gasteiger charge is 2.43. The maximum atomic E-state index is 12.9. The second kappa shape index (κ2) is 3.46. The molecular formula is C11H9F3N2O. The SMILES string of the molecule is Fc1ccc2c(CN3CC(F)(F)C3)noc2c1. The van der Waals surface area contributed by atoms with Crippen molar-refractivity contribution in [1.29, 1.82) is 0 Å². The average Bonchev–Trinajstić information content (AvgIpc) is 2.58. The molecule has 0 saturated carbocycles. The molecule has 0 radical (unpaired) electrons. The smallest absolute Gasteiger partial charge is 0.272 e. The summed E-state index contributed by atoms with van der Waals surface area (Å²) in [5.74, 6) is -3.00. The first-order valence-electron chi connectivity index (χ1n) is 5.17. The summed E-state index contributed by atoms with van der Waals surface area (Å²) in [6, 6.07) is 4.08. The number of fused-ring (bicyclic) bond motifs is 1. The van der Waals surface area contributed by atoms with Gasteiger partial charge < -0.3 is 4.52 Å². The topological polar surface area (TPSA) is 29.3 Å². The molecule has 2 heterocycles. The van der Waals surface area contributed by atoms with Gasteiger partial charge in [-0.1, -0.05) is 5.16 Å². The molecule has 0 amide bonds. The predicted octanol–water partition coefficient (Wildman–Crippen LogP) is 2.42. The molecule has 1 aromatic carbocycles. The Balaban J connectivity index is 1.82. The zero-order chi connectivity index (χ0) is 12.0. The predicted molar refractivity (Wildman–Crippen MR) is 54.2 cm³/mol. The first kappa shape index (κ1) is 10.6. The zero-order valence-electron chi connectivity index (χ0n) is 8.79. The molecular weight excluding hydrogens is 233 g/mol. The summed E-state index contributed by atoms with van der Waals surface area (Å²) >= 11 is 0. The number of aromatic nitrogens is 1. The van der Waals surface area contributed by atoms with Crippen LogP contribution in [-0.4, -0.2) is 29.1 Å². The van der Waals surface area contributed by atoms with E-state index in [0.29, 0.717) is 23.2 Å². The molecule has 0 aliphatic carbocycles. The molecule has 1 aliphatic heterocycles. The Kier molecular flexibility index (Phi) is 2.16. The lowest BCUT2D eigenvalue weighted by Crippen LogP contribution is -2.55. The van der Waals surface area contributed by atoms with Crippen LogP contribution in [0.5, 0.6) is 0 Å². The molecule has 17 heavy (non-hydrogen) atoms. The summed E-state index contributed by atoms with van der Waals surface area (Å²) in [7, 11) is 0. The lowest BCUT2D eigenvalue weighted by molar-refractivity contribution is -0.134. The minimum Gasteiger partial charge on any atom is -0.356 e. The minimum atomic E-state index is -2.59. The zero-order valence-corrected chi connectivity index (χ0v) is 8.79. The summed E-state index contributed by atoms with van der Waals surface area (Å²) in [6.07, 6.45) is 0. The van der Waals surface area contributed by atoms with Gasteiger partial charge in [0.05, 0.1) is 13.1 Å². The first-order chi connectivity index (χ1) is 8.03. The van der Waals surface area contributed by atoms with Crippen LogP contribution in [0.4, 0.5) is 13.2 Å². The summed E-state index contributed by atoms with van der Waals surface area (Å²) in [5.41, 5.74) is 0.905. The van der Waals surface area contributed by atoms with Crippen LogP contribution < -0.4 is 0 Å². The Morgan fingerprint density at radius 2 is 2.12 bits per heavy atom. The number of rotatable bonds is 2. The normalized spacial score (nSPS) is 19.5. The molecule has 0 N–H and O–H groups in total. The van der Waals surface area contributed by atoms with Crippen LogP contribution in [-0.2, 0) is 6.54 Å². The van der Waals surface area contributed by atoms with E-state index in [1.54, 1.807) is 11.0 Å². The second-order valence-electron chi connectivity index (χ2n) is 4.27. The van der Waals surface area contributed by atoms with Gasteiger partial charge in [-0.05, 0) is 12.1 Å². The number of benzene rings is 1. The van der Waals surface area contributed by atoms with Crippen LogP contribution in [0.3, 0.4) is 0 Å². The van der Waals surface area contributed by atoms with E-state index in [1.807, 2.05) is 0 Å². The number of hydrogen-bond acceptors (Lipinski definition) is 3. The molecule has 1 aliphatic rings. The van der Waals surface area contributed by atoms with E-state index in [-0.39, 0.29) is 13.1 Å². The fourth-order valence-electron chi connectivity index (χ4n) is 2.01. The molecule has 3 nitrogen and oxygen atoms in total. The van der Waals surface area contributed by atoms with Crippen molar-refractivity contribution in [3.8, 4) is 0 Å². The first-order valence-corrected chi connectivity index (χ1v) is 5.17. The van der Waals surface area contributed by atoms with Gasteiger partial charge >= 0.3 is 0 Å². The summed E-state index contributed by atoms with van der Waals surface area (Å²) < 4.78 is 43.1. The maximum absolute atomic E-state index is 12.9. The lowest BCUT2D eigenvalue weighted by Gasteiger charge is -2.38. The number of likely N-dealkylation sites (tertiary alicyclic amines) is 1. The van der Waals surface area contributed by atoms with E-state index in [0.717, 1.165) is 0 Å². The fraction of sp³-hybridized carbons (Fsp3) is 0.364. The standard InChI is InChI=1S/C11H9F3N2O/c12-7-1-2-8-9(15-17-10(8)3-7)4-16-5-11(13,14)6-16/h1-3H,4-6H2. The van der Waals surface area contributed by atoms with Gasteiger partial charge in [-0.15, -0.1) is 0 Å². The molecule has 2 aromatic rings. The van der Waals surface area contributed by atoms with Gasteiger partial charge in [-0.3, -0.25) is 4.90 Å². The molecule has 90 valence electrons. The summed E-state index contributed by atoms with van der Waals surface area (Å²) in [6.45, 7) is -0.223. The highest BCUT2D eigenvalue weighted by molar-refractivity contribution is 5.79. The number of nitrogens with zero attached hydrogens (tertiary/aromatic N) is 2. The third kappa shape index (κ3) is 1.88. The molecule has 6 heteroatoms. The van der Waals surface area contributed by atoms with Crippen LogP contribution in [0.1, 0.15) is 5.69 Å².